The van der Waals surface area contributed by atoms with E-state index in [9.17, 15) is 0 Å². The fourth-order valence-electron chi connectivity index (χ4n) is 1.98. The lowest BCUT2D eigenvalue weighted by Crippen LogP contribution is -2.18. The highest BCUT2D eigenvalue weighted by Crippen LogP contribution is 2.19. The van der Waals surface area contributed by atoms with Crippen LogP contribution in [0.15, 0.2) is 36.4 Å². The molecule has 2 rings (SSSR count). The van der Waals surface area contributed by atoms with Crippen molar-refractivity contribution in [2.75, 3.05) is 7.05 Å². The van der Waals surface area contributed by atoms with Crippen LogP contribution in [-0.2, 0) is 13.1 Å². The molecule has 0 aliphatic heterocycles. The second-order valence-corrected chi connectivity index (χ2v) is 5.43. The second kappa shape index (κ2) is 6.38. The molecule has 0 fully saturated rings. The third kappa shape index (κ3) is 3.93. The smallest absolute Gasteiger partial charge is 0.135 e. The third-order valence-corrected chi connectivity index (χ3v) is 3.57. The van der Waals surface area contributed by atoms with Gasteiger partial charge in [-0.2, -0.15) is 0 Å². The molecule has 1 aromatic carbocycles. The molecule has 0 aliphatic rings. The summed E-state index contributed by atoms with van der Waals surface area (Å²) in [5.74, 6) is 0. The topological polar surface area (TPSA) is 16.1 Å². The summed E-state index contributed by atoms with van der Waals surface area (Å²) in [6.45, 7) is 3.75. The summed E-state index contributed by atoms with van der Waals surface area (Å²) in [6.07, 6.45) is 0. The minimum Gasteiger partial charge on any atom is -0.298 e. The highest BCUT2D eigenvalue weighted by Gasteiger charge is 2.08. The average Bonchev–Trinajstić information content (AvgIpc) is 2.36. The van der Waals surface area contributed by atoms with Crippen LogP contribution in [0.25, 0.3) is 0 Å². The Hall–Kier alpha value is -1.09. The molecule has 19 heavy (non-hydrogen) atoms. The Morgan fingerprint density at radius 1 is 1.00 bits per heavy atom. The zero-order valence-electron chi connectivity index (χ0n) is 11.0. The molecule has 0 saturated carbocycles. The summed E-state index contributed by atoms with van der Waals surface area (Å²) in [5, 5.41) is 0.902. The van der Waals surface area contributed by atoms with Crippen molar-refractivity contribution in [3.63, 3.8) is 0 Å². The molecular weight excluding hydrogens is 279 g/mol. The lowest BCUT2D eigenvalue weighted by atomic mass is 10.1. The molecule has 0 bridgehead atoms. The number of nitrogens with zero attached hydrogens (tertiary/aromatic N) is 2. The molecule has 100 valence electrons. The van der Waals surface area contributed by atoms with Gasteiger partial charge < -0.3 is 0 Å². The van der Waals surface area contributed by atoms with E-state index in [-0.39, 0.29) is 0 Å². The highest BCUT2D eigenvalue weighted by atomic mass is 35.5. The molecule has 1 aromatic heterocycles. The molecule has 0 aliphatic carbocycles. The Morgan fingerprint density at radius 3 is 2.37 bits per heavy atom. The monoisotopic (exact) mass is 294 g/mol. The minimum absolute atomic E-state index is 0.426. The van der Waals surface area contributed by atoms with Gasteiger partial charge >= 0.3 is 0 Å². The van der Waals surface area contributed by atoms with Crippen LogP contribution in [0.5, 0.6) is 0 Å². The number of pyridine rings is 1. The number of aromatic nitrogens is 1. The molecule has 0 N–H and O–H groups in total. The molecule has 4 heteroatoms. The Bertz CT molecular complexity index is 570. The number of hydrogen-bond acceptors (Lipinski definition) is 2. The molecule has 0 spiro atoms. The van der Waals surface area contributed by atoms with E-state index in [0.717, 1.165) is 18.7 Å². The van der Waals surface area contributed by atoms with Crippen molar-refractivity contribution in [1.82, 2.24) is 9.88 Å². The van der Waals surface area contributed by atoms with Gasteiger partial charge in [0.15, 0.2) is 0 Å². The quantitative estimate of drug-likeness (QED) is 0.780. The molecule has 0 radical (unpaired) electrons. The first kappa shape index (κ1) is 14.3. The predicted molar refractivity (Wildman–Crippen MR) is 80.6 cm³/mol. The standard InChI is InChI=1S/C15H16Cl2N2/c1-11-5-3-4-6-12(11)9-19(2)10-13-7-8-14(16)18-15(13)17/h3-8H,9-10H2,1-2H3. The van der Waals surface area contributed by atoms with Gasteiger partial charge in [-0.05, 0) is 31.2 Å². The number of benzene rings is 1. The summed E-state index contributed by atoms with van der Waals surface area (Å²) in [5.41, 5.74) is 3.61. The Morgan fingerprint density at radius 2 is 1.68 bits per heavy atom. The van der Waals surface area contributed by atoms with Gasteiger partial charge in [0, 0.05) is 18.7 Å². The van der Waals surface area contributed by atoms with Crippen molar-refractivity contribution in [3.05, 3.63) is 63.4 Å². The van der Waals surface area contributed by atoms with E-state index in [1.807, 2.05) is 6.07 Å². The van der Waals surface area contributed by atoms with Crippen molar-refractivity contribution in [2.24, 2.45) is 0 Å². The summed E-state index contributed by atoms with van der Waals surface area (Å²) in [7, 11) is 2.07. The van der Waals surface area contributed by atoms with Crippen LogP contribution in [0.2, 0.25) is 10.3 Å². The zero-order valence-corrected chi connectivity index (χ0v) is 12.5. The van der Waals surface area contributed by atoms with E-state index in [2.05, 4.69) is 48.1 Å². The van der Waals surface area contributed by atoms with Crippen LogP contribution in [0.1, 0.15) is 16.7 Å². The molecule has 1 heterocycles. The first-order valence-electron chi connectivity index (χ1n) is 6.10. The van der Waals surface area contributed by atoms with Crippen molar-refractivity contribution in [1.29, 1.82) is 0 Å². The number of halogens is 2. The molecule has 2 aromatic rings. The summed E-state index contributed by atoms with van der Waals surface area (Å²) >= 11 is 11.9. The maximum Gasteiger partial charge on any atom is 0.135 e. The van der Waals surface area contributed by atoms with Crippen molar-refractivity contribution >= 4 is 23.2 Å². The lowest BCUT2D eigenvalue weighted by Gasteiger charge is -2.18. The van der Waals surface area contributed by atoms with Crippen LogP contribution in [0, 0.1) is 6.92 Å². The first-order valence-corrected chi connectivity index (χ1v) is 6.86. The van der Waals surface area contributed by atoms with Gasteiger partial charge in [0.1, 0.15) is 10.3 Å². The van der Waals surface area contributed by atoms with Gasteiger partial charge in [-0.3, -0.25) is 4.90 Å². The zero-order chi connectivity index (χ0) is 13.8. The Balaban J connectivity index is 2.05. The van der Waals surface area contributed by atoms with Crippen LogP contribution in [0.3, 0.4) is 0 Å². The number of hydrogen-bond donors (Lipinski definition) is 0. The SMILES string of the molecule is Cc1ccccc1CN(C)Cc1ccc(Cl)nc1Cl. The fraction of sp³-hybridized carbons (Fsp3) is 0.267. The lowest BCUT2D eigenvalue weighted by molar-refractivity contribution is 0.318. The van der Waals surface area contributed by atoms with Crippen molar-refractivity contribution in [2.45, 2.75) is 20.0 Å². The minimum atomic E-state index is 0.426. The van der Waals surface area contributed by atoms with E-state index >= 15 is 0 Å². The fourth-order valence-corrected chi connectivity index (χ4v) is 2.39. The molecular formula is C15H16Cl2N2. The second-order valence-electron chi connectivity index (χ2n) is 4.68. The highest BCUT2D eigenvalue weighted by molar-refractivity contribution is 6.32. The first-order chi connectivity index (χ1) is 9.06. The predicted octanol–water partition coefficient (Wildman–Crippen LogP) is 4.33. The summed E-state index contributed by atoms with van der Waals surface area (Å²) in [6, 6.07) is 12.1. The third-order valence-electron chi connectivity index (χ3n) is 3.03. The van der Waals surface area contributed by atoms with Gasteiger partial charge in [0.2, 0.25) is 0 Å². The van der Waals surface area contributed by atoms with Crippen molar-refractivity contribution in [3.8, 4) is 0 Å². The van der Waals surface area contributed by atoms with E-state index in [1.54, 1.807) is 6.07 Å². The summed E-state index contributed by atoms with van der Waals surface area (Å²) < 4.78 is 0. The molecule has 0 amide bonds. The summed E-state index contributed by atoms with van der Waals surface area (Å²) in [4.78, 5) is 6.26. The van der Waals surface area contributed by atoms with Crippen molar-refractivity contribution < 1.29 is 0 Å². The average molecular weight is 295 g/mol. The number of aryl methyl sites for hydroxylation is 1. The molecule has 0 saturated heterocycles. The maximum atomic E-state index is 6.09. The number of rotatable bonds is 4. The largest absolute Gasteiger partial charge is 0.298 e. The van der Waals surface area contributed by atoms with E-state index in [1.165, 1.54) is 11.1 Å². The van der Waals surface area contributed by atoms with Gasteiger partial charge in [0.05, 0.1) is 0 Å². The Labute approximate surface area is 124 Å². The molecule has 0 unspecified atom stereocenters. The van der Waals surface area contributed by atoms with E-state index in [0.29, 0.717) is 10.3 Å². The van der Waals surface area contributed by atoms with Crippen LogP contribution < -0.4 is 0 Å². The van der Waals surface area contributed by atoms with Crippen LogP contribution in [0.4, 0.5) is 0 Å². The van der Waals surface area contributed by atoms with E-state index in [4.69, 9.17) is 23.2 Å². The normalized spacial score (nSPS) is 11.0. The van der Waals surface area contributed by atoms with E-state index < -0.39 is 0 Å². The Kier molecular flexibility index (Phi) is 4.81. The van der Waals surface area contributed by atoms with Gasteiger partial charge in [0.25, 0.3) is 0 Å². The van der Waals surface area contributed by atoms with Gasteiger partial charge in [-0.1, -0.05) is 53.5 Å². The maximum absolute atomic E-state index is 6.09. The van der Waals surface area contributed by atoms with Gasteiger partial charge in [-0.25, -0.2) is 4.98 Å². The van der Waals surface area contributed by atoms with Gasteiger partial charge in [-0.15, -0.1) is 0 Å². The molecule has 0 atom stereocenters. The van der Waals surface area contributed by atoms with Crippen LogP contribution in [-0.4, -0.2) is 16.9 Å². The molecule has 2 nitrogen and oxygen atoms in total. The van der Waals surface area contributed by atoms with Crippen LogP contribution >= 0.6 is 23.2 Å².